The van der Waals surface area contributed by atoms with Crippen molar-refractivity contribution in [2.75, 3.05) is 0 Å². The summed E-state index contributed by atoms with van der Waals surface area (Å²) in [7, 11) is 0. The van der Waals surface area contributed by atoms with Crippen molar-refractivity contribution in [1.29, 1.82) is 0 Å². The third-order valence-corrected chi connectivity index (χ3v) is 7.03. The molecule has 0 N–H and O–H groups in total. The number of ether oxygens (including phenoxy) is 1. The zero-order chi connectivity index (χ0) is 21.8. The molecule has 160 valence electrons. The van der Waals surface area contributed by atoms with Gasteiger partial charge >= 0.3 is 0 Å². The van der Waals surface area contributed by atoms with Crippen LogP contribution in [0, 0.1) is 6.92 Å². The summed E-state index contributed by atoms with van der Waals surface area (Å²) in [5.74, 6) is 2.04. The molecule has 0 bridgehead atoms. The van der Waals surface area contributed by atoms with Crippen LogP contribution in [0.25, 0.3) is 10.6 Å². The highest BCUT2D eigenvalue weighted by Crippen LogP contribution is 2.30. The lowest BCUT2D eigenvalue weighted by Crippen LogP contribution is -2.07. The molecule has 4 rings (SSSR count). The molecule has 5 nitrogen and oxygen atoms in total. The molecule has 0 atom stereocenters. The van der Waals surface area contributed by atoms with E-state index in [1.165, 1.54) is 5.56 Å². The number of thioether (sulfide) groups is 1. The molecular weight excluding hydrogens is 471 g/mol. The number of rotatable bonds is 8. The zero-order valence-electron chi connectivity index (χ0n) is 17.0. The minimum Gasteiger partial charge on any atom is -0.484 e. The van der Waals surface area contributed by atoms with Crippen LogP contribution in [0.3, 0.4) is 0 Å². The summed E-state index contributed by atoms with van der Waals surface area (Å²) in [6.07, 6.45) is 0. The maximum atomic E-state index is 6.18. The van der Waals surface area contributed by atoms with E-state index in [2.05, 4.69) is 53.7 Å². The first-order chi connectivity index (χ1) is 15.0. The highest BCUT2D eigenvalue weighted by molar-refractivity contribution is 7.98. The van der Waals surface area contributed by atoms with Gasteiger partial charge in [0.1, 0.15) is 17.4 Å². The van der Waals surface area contributed by atoms with Crippen LogP contribution >= 0.6 is 46.3 Å². The molecule has 0 amide bonds. The first-order valence-corrected chi connectivity index (χ1v) is 12.3. The largest absolute Gasteiger partial charge is 0.484 e. The van der Waals surface area contributed by atoms with Gasteiger partial charge in [-0.25, -0.2) is 4.98 Å². The number of aromatic nitrogens is 4. The van der Waals surface area contributed by atoms with Gasteiger partial charge < -0.3 is 9.30 Å². The predicted molar refractivity (Wildman–Crippen MR) is 128 cm³/mol. The van der Waals surface area contributed by atoms with Gasteiger partial charge in [0.25, 0.3) is 0 Å². The van der Waals surface area contributed by atoms with Crippen LogP contribution in [0.1, 0.15) is 24.0 Å². The summed E-state index contributed by atoms with van der Waals surface area (Å²) in [5, 5.41) is 13.7. The summed E-state index contributed by atoms with van der Waals surface area (Å²) < 4.78 is 7.87. The van der Waals surface area contributed by atoms with Crippen LogP contribution in [0.2, 0.25) is 10.0 Å². The van der Waals surface area contributed by atoms with Gasteiger partial charge in [0, 0.05) is 28.3 Å². The Labute approximate surface area is 199 Å². The quantitative estimate of drug-likeness (QED) is 0.251. The standard InChI is InChI=1S/C22H20Cl2N4OS2/c1-3-28-20(11-29-19-9-8-16(23)10-18(19)24)26-27-22(28)31-13-17-12-30-21(25-17)15-6-4-14(2)5-7-15/h4-10,12H,3,11,13H2,1-2H3. The van der Waals surface area contributed by atoms with Gasteiger partial charge in [-0.05, 0) is 32.0 Å². The molecule has 0 saturated heterocycles. The van der Waals surface area contributed by atoms with E-state index in [1.54, 1.807) is 41.3 Å². The number of hydrogen-bond donors (Lipinski definition) is 0. The fourth-order valence-corrected chi connectivity index (χ4v) is 5.23. The van der Waals surface area contributed by atoms with Gasteiger partial charge in [0.15, 0.2) is 11.0 Å². The molecule has 2 heterocycles. The molecule has 31 heavy (non-hydrogen) atoms. The number of halogens is 2. The van der Waals surface area contributed by atoms with Crippen LogP contribution in [-0.2, 0) is 18.9 Å². The minimum atomic E-state index is 0.275. The van der Waals surface area contributed by atoms with Crippen molar-refractivity contribution in [2.45, 2.75) is 37.9 Å². The summed E-state index contributed by atoms with van der Waals surface area (Å²) in [4.78, 5) is 4.77. The third kappa shape index (κ3) is 5.41. The minimum absolute atomic E-state index is 0.275. The Morgan fingerprint density at radius 1 is 1.10 bits per heavy atom. The van der Waals surface area contributed by atoms with Crippen molar-refractivity contribution in [2.24, 2.45) is 0 Å². The molecule has 0 spiro atoms. The van der Waals surface area contributed by atoms with Crippen molar-refractivity contribution in [3.63, 3.8) is 0 Å². The number of thiazole rings is 1. The topological polar surface area (TPSA) is 52.8 Å². The molecule has 0 fully saturated rings. The number of nitrogens with zero attached hydrogens (tertiary/aromatic N) is 4. The highest BCUT2D eigenvalue weighted by atomic mass is 35.5. The molecule has 2 aromatic heterocycles. The van der Waals surface area contributed by atoms with Crippen molar-refractivity contribution < 1.29 is 4.74 Å². The fourth-order valence-electron chi connectivity index (χ4n) is 2.93. The first kappa shape index (κ1) is 22.1. The lowest BCUT2D eigenvalue weighted by atomic mass is 10.2. The van der Waals surface area contributed by atoms with E-state index in [0.29, 0.717) is 15.8 Å². The van der Waals surface area contributed by atoms with Crippen LogP contribution in [0.15, 0.2) is 53.0 Å². The van der Waals surface area contributed by atoms with E-state index in [9.17, 15) is 0 Å². The number of benzene rings is 2. The van der Waals surface area contributed by atoms with Gasteiger partial charge in [0.2, 0.25) is 0 Å². The second-order valence-corrected chi connectivity index (χ2v) is 9.45. The molecule has 9 heteroatoms. The smallest absolute Gasteiger partial charge is 0.191 e. The molecular formula is C22H20Cl2N4OS2. The van der Waals surface area contributed by atoms with Crippen molar-refractivity contribution >= 4 is 46.3 Å². The Hall–Kier alpha value is -2.06. The highest BCUT2D eigenvalue weighted by Gasteiger charge is 2.14. The van der Waals surface area contributed by atoms with E-state index >= 15 is 0 Å². The second-order valence-electron chi connectivity index (χ2n) is 6.81. The van der Waals surface area contributed by atoms with Crippen LogP contribution in [0.4, 0.5) is 0 Å². The Bertz CT molecular complexity index is 1170. The van der Waals surface area contributed by atoms with Gasteiger partial charge in [0.05, 0.1) is 10.7 Å². The molecule has 0 saturated carbocycles. The van der Waals surface area contributed by atoms with Crippen molar-refractivity contribution in [3.05, 3.63) is 75.0 Å². The maximum Gasteiger partial charge on any atom is 0.191 e. The Morgan fingerprint density at radius 2 is 1.90 bits per heavy atom. The van der Waals surface area contributed by atoms with Gasteiger partial charge in [-0.15, -0.1) is 21.5 Å². The average molecular weight is 491 g/mol. The Balaban J connectivity index is 1.40. The second kappa shape index (κ2) is 10.0. The van der Waals surface area contributed by atoms with Crippen LogP contribution < -0.4 is 4.74 Å². The summed E-state index contributed by atoms with van der Waals surface area (Å²) >= 11 is 15.4. The maximum absolute atomic E-state index is 6.18. The lowest BCUT2D eigenvalue weighted by molar-refractivity contribution is 0.288. The first-order valence-electron chi connectivity index (χ1n) is 9.67. The van der Waals surface area contributed by atoms with Crippen LogP contribution in [0.5, 0.6) is 5.75 Å². The molecule has 0 unspecified atom stereocenters. The molecule has 0 aliphatic heterocycles. The number of aryl methyl sites for hydroxylation is 1. The van der Waals surface area contributed by atoms with Crippen molar-refractivity contribution in [3.8, 4) is 16.3 Å². The Morgan fingerprint density at radius 3 is 2.65 bits per heavy atom. The van der Waals surface area contributed by atoms with E-state index in [4.69, 9.17) is 32.9 Å². The Kier molecular flexibility index (Phi) is 7.17. The third-order valence-electron chi connectivity index (χ3n) is 4.56. The van der Waals surface area contributed by atoms with E-state index in [0.717, 1.165) is 39.5 Å². The summed E-state index contributed by atoms with van der Waals surface area (Å²) in [6, 6.07) is 13.6. The SMILES string of the molecule is CCn1c(COc2ccc(Cl)cc2Cl)nnc1SCc1csc(-c2ccc(C)cc2)n1. The fraction of sp³-hybridized carbons (Fsp3) is 0.227. The lowest BCUT2D eigenvalue weighted by Gasteiger charge is -2.10. The van der Waals surface area contributed by atoms with E-state index in [1.807, 2.05) is 4.57 Å². The monoisotopic (exact) mass is 490 g/mol. The molecule has 4 aromatic rings. The molecule has 2 aromatic carbocycles. The molecule has 0 aliphatic carbocycles. The summed E-state index contributed by atoms with van der Waals surface area (Å²) in [6.45, 7) is 5.16. The summed E-state index contributed by atoms with van der Waals surface area (Å²) in [5.41, 5.74) is 3.42. The van der Waals surface area contributed by atoms with Gasteiger partial charge in [-0.2, -0.15) is 0 Å². The molecule has 0 aliphatic rings. The normalized spacial score (nSPS) is 11.1. The van der Waals surface area contributed by atoms with Crippen LogP contribution in [-0.4, -0.2) is 19.7 Å². The molecule has 0 radical (unpaired) electrons. The van der Waals surface area contributed by atoms with E-state index in [-0.39, 0.29) is 6.61 Å². The van der Waals surface area contributed by atoms with Crippen molar-refractivity contribution in [1.82, 2.24) is 19.7 Å². The zero-order valence-corrected chi connectivity index (χ0v) is 20.2. The van der Waals surface area contributed by atoms with Gasteiger partial charge in [-0.3, -0.25) is 0 Å². The average Bonchev–Trinajstić information content (AvgIpc) is 3.39. The number of hydrogen-bond acceptors (Lipinski definition) is 6. The van der Waals surface area contributed by atoms with Gasteiger partial charge in [-0.1, -0.05) is 64.8 Å². The van der Waals surface area contributed by atoms with E-state index < -0.39 is 0 Å². The predicted octanol–water partition coefficient (Wildman–Crippen LogP) is 6.91.